The summed E-state index contributed by atoms with van der Waals surface area (Å²) >= 11 is 0. The first-order valence-electron chi connectivity index (χ1n) is 3.69. The summed E-state index contributed by atoms with van der Waals surface area (Å²) in [6.45, 7) is 2.71. The summed E-state index contributed by atoms with van der Waals surface area (Å²) in [6, 6.07) is 0. The third kappa shape index (κ3) is 4.75. The van der Waals surface area contributed by atoms with Crippen molar-refractivity contribution >= 4 is 5.91 Å². The van der Waals surface area contributed by atoms with Crippen molar-refractivity contribution in [3.05, 3.63) is 0 Å². The third-order valence-corrected chi connectivity index (χ3v) is 1.48. The van der Waals surface area contributed by atoms with E-state index in [1.165, 1.54) is 7.11 Å². The highest BCUT2D eigenvalue weighted by atomic mass is 16.6. The van der Waals surface area contributed by atoms with Crippen LogP contribution in [0.4, 0.5) is 0 Å². The van der Waals surface area contributed by atoms with Gasteiger partial charge >= 0.3 is 0 Å². The molecule has 0 fully saturated rings. The van der Waals surface area contributed by atoms with Crippen LogP contribution in [0.15, 0.2) is 0 Å². The highest BCUT2D eigenvalue weighted by molar-refractivity contribution is 5.77. The van der Waals surface area contributed by atoms with Crippen LogP contribution in [-0.2, 0) is 9.63 Å². The Balaban J connectivity index is 3.46. The maximum absolute atomic E-state index is 11.0. The number of hydrogen-bond donors (Lipinski definition) is 2. The number of rotatable bonds is 5. The molecule has 0 aromatic heterocycles. The largest absolute Gasteiger partial charge is 0.320 e. The minimum atomic E-state index is -0.0669. The van der Waals surface area contributed by atoms with Gasteiger partial charge in [-0.2, -0.15) is 0 Å². The van der Waals surface area contributed by atoms with Crippen LogP contribution in [0, 0.1) is 5.92 Å². The standard InChI is InChI=1S/C7H16N2O2/c1-6(4-5-8-2)7(10)9-11-3/h6,8H,4-5H2,1-3H3,(H,9,10). The van der Waals surface area contributed by atoms with Crippen molar-refractivity contribution in [3.8, 4) is 0 Å². The second-order valence-electron chi connectivity index (χ2n) is 2.46. The topological polar surface area (TPSA) is 50.4 Å². The Morgan fingerprint density at radius 1 is 1.64 bits per heavy atom. The van der Waals surface area contributed by atoms with Gasteiger partial charge in [-0.05, 0) is 20.0 Å². The van der Waals surface area contributed by atoms with Gasteiger partial charge in [0.25, 0.3) is 0 Å². The third-order valence-electron chi connectivity index (χ3n) is 1.48. The van der Waals surface area contributed by atoms with Crippen molar-refractivity contribution in [2.75, 3.05) is 20.7 Å². The minimum Gasteiger partial charge on any atom is -0.320 e. The van der Waals surface area contributed by atoms with Gasteiger partial charge < -0.3 is 5.32 Å². The average molecular weight is 160 g/mol. The summed E-state index contributed by atoms with van der Waals surface area (Å²) < 4.78 is 0. The molecule has 0 saturated heterocycles. The van der Waals surface area contributed by atoms with E-state index in [1.54, 1.807) is 0 Å². The number of nitrogens with one attached hydrogen (secondary N) is 2. The van der Waals surface area contributed by atoms with E-state index in [4.69, 9.17) is 0 Å². The number of amides is 1. The zero-order chi connectivity index (χ0) is 8.69. The monoisotopic (exact) mass is 160 g/mol. The predicted octanol–water partition coefficient (Wildman–Crippen LogP) is -0.0904. The van der Waals surface area contributed by atoms with Gasteiger partial charge in [-0.15, -0.1) is 0 Å². The van der Waals surface area contributed by atoms with Gasteiger partial charge in [0, 0.05) is 5.92 Å². The Bertz CT molecular complexity index is 117. The predicted molar refractivity (Wildman–Crippen MR) is 42.9 cm³/mol. The minimum absolute atomic E-state index is 0.00222. The molecule has 0 radical (unpaired) electrons. The Morgan fingerprint density at radius 2 is 2.27 bits per heavy atom. The zero-order valence-corrected chi connectivity index (χ0v) is 7.31. The molecule has 0 aliphatic carbocycles. The summed E-state index contributed by atoms with van der Waals surface area (Å²) in [5.41, 5.74) is 2.29. The Kier molecular flexibility index (Phi) is 5.78. The highest BCUT2D eigenvalue weighted by Gasteiger charge is 2.10. The van der Waals surface area contributed by atoms with Crippen molar-refractivity contribution in [2.24, 2.45) is 5.92 Å². The summed E-state index contributed by atoms with van der Waals surface area (Å²) in [5, 5.41) is 2.97. The zero-order valence-electron chi connectivity index (χ0n) is 7.31. The van der Waals surface area contributed by atoms with E-state index >= 15 is 0 Å². The van der Waals surface area contributed by atoms with Crippen LogP contribution in [0.3, 0.4) is 0 Å². The van der Waals surface area contributed by atoms with E-state index in [-0.39, 0.29) is 11.8 Å². The van der Waals surface area contributed by atoms with E-state index in [9.17, 15) is 4.79 Å². The molecule has 1 unspecified atom stereocenters. The lowest BCUT2D eigenvalue weighted by Crippen LogP contribution is -2.29. The molecule has 0 aromatic rings. The van der Waals surface area contributed by atoms with Gasteiger partial charge in [0.1, 0.15) is 0 Å². The van der Waals surface area contributed by atoms with Crippen molar-refractivity contribution < 1.29 is 9.63 Å². The molecular formula is C7H16N2O2. The van der Waals surface area contributed by atoms with Crippen LogP contribution in [-0.4, -0.2) is 26.6 Å². The Morgan fingerprint density at radius 3 is 2.73 bits per heavy atom. The second-order valence-corrected chi connectivity index (χ2v) is 2.46. The van der Waals surface area contributed by atoms with E-state index in [0.717, 1.165) is 13.0 Å². The fourth-order valence-electron chi connectivity index (χ4n) is 0.693. The van der Waals surface area contributed by atoms with Crippen molar-refractivity contribution in [1.29, 1.82) is 0 Å². The van der Waals surface area contributed by atoms with Gasteiger partial charge in [0.15, 0.2) is 0 Å². The van der Waals surface area contributed by atoms with Crippen LogP contribution in [0.5, 0.6) is 0 Å². The first kappa shape index (κ1) is 10.4. The van der Waals surface area contributed by atoms with E-state index in [0.29, 0.717) is 0 Å². The molecule has 4 heteroatoms. The molecule has 0 bridgehead atoms. The molecule has 1 atom stereocenters. The fraction of sp³-hybridized carbons (Fsp3) is 0.857. The smallest absolute Gasteiger partial charge is 0.246 e. The summed E-state index contributed by atoms with van der Waals surface area (Å²) in [7, 11) is 3.30. The fourth-order valence-corrected chi connectivity index (χ4v) is 0.693. The molecule has 0 saturated carbocycles. The molecule has 0 spiro atoms. The number of hydrogen-bond acceptors (Lipinski definition) is 3. The second kappa shape index (κ2) is 6.12. The van der Waals surface area contributed by atoms with Gasteiger partial charge in [0.05, 0.1) is 7.11 Å². The normalized spacial score (nSPS) is 12.6. The first-order chi connectivity index (χ1) is 5.22. The van der Waals surface area contributed by atoms with Gasteiger partial charge in [-0.25, -0.2) is 5.48 Å². The number of carbonyl (C=O) groups excluding carboxylic acids is 1. The SMILES string of the molecule is CNCCC(C)C(=O)NOC. The molecular weight excluding hydrogens is 144 g/mol. The van der Waals surface area contributed by atoms with Crippen molar-refractivity contribution in [1.82, 2.24) is 10.8 Å². The number of carbonyl (C=O) groups is 1. The van der Waals surface area contributed by atoms with Gasteiger partial charge in [-0.1, -0.05) is 6.92 Å². The maximum atomic E-state index is 11.0. The average Bonchev–Trinajstić information content (AvgIpc) is 2.00. The summed E-state index contributed by atoms with van der Waals surface area (Å²) in [4.78, 5) is 15.5. The van der Waals surface area contributed by atoms with E-state index in [1.807, 2.05) is 14.0 Å². The van der Waals surface area contributed by atoms with Crippen molar-refractivity contribution in [2.45, 2.75) is 13.3 Å². The summed E-state index contributed by atoms with van der Waals surface area (Å²) in [6.07, 6.45) is 0.825. The van der Waals surface area contributed by atoms with Crippen LogP contribution in [0.25, 0.3) is 0 Å². The van der Waals surface area contributed by atoms with Crippen LogP contribution >= 0.6 is 0 Å². The lowest BCUT2D eigenvalue weighted by Gasteiger charge is -2.09. The van der Waals surface area contributed by atoms with Crippen LogP contribution < -0.4 is 10.8 Å². The van der Waals surface area contributed by atoms with Crippen molar-refractivity contribution in [3.63, 3.8) is 0 Å². The van der Waals surface area contributed by atoms with Gasteiger partial charge in [-0.3, -0.25) is 9.63 Å². The molecule has 66 valence electrons. The molecule has 0 aromatic carbocycles. The molecule has 4 nitrogen and oxygen atoms in total. The van der Waals surface area contributed by atoms with E-state index in [2.05, 4.69) is 15.6 Å². The lowest BCUT2D eigenvalue weighted by molar-refractivity contribution is -0.135. The van der Waals surface area contributed by atoms with Crippen LogP contribution in [0.2, 0.25) is 0 Å². The molecule has 11 heavy (non-hydrogen) atoms. The quantitative estimate of drug-likeness (QED) is 0.553. The Hall–Kier alpha value is -0.610. The van der Waals surface area contributed by atoms with E-state index < -0.39 is 0 Å². The maximum Gasteiger partial charge on any atom is 0.246 e. The molecule has 0 heterocycles. The van der Waals surface area contributed by atoms with Gasteiger partial charge in [0.2, 0.25) is 5.91 Å². The number of hydroxylamine groups is 1. The highest BCUT2D eigenvalue weighted by Crippen LogP contribution is 1.99. The lowest BCUT2D eigenvalue weighted by atomic mass is 10.1. The van der Waals surface area contributed by atoms with Crippen LogP contribution in [0.1, 0.15) is 13.3 Å². The molecule has 0 rings (SSSR count). The molecule has 0 aliphatic rings. The molecule has 1 amide bonds. The molecule has 0 aliphatic heterocycles. The summed E-state index contributed by atoms with van der Waals surface area (Å²) in [5.74, 6) is -0.0647. The Labute approximate surface area is 67.3 Å². The first-order valence-corrected chi connectivity index (χ1v) is 3.69. The molecule has 2 N–H and O–H groups in total.